The summed E-state index contributed by atoms with van der Waals surface area (Å²) in [5.74, 6) is -0.961. The molecule has 28 heavy (non-hydrogen) atoms. The maximum Gasteiger partial charge on any atom is 0.343 e. The third-order valence-electron chi connectivity index (χ3n) is 4.04. The highest BCUT2D eigenvalue weighted by Crippen LogP contribution is 2.31. The lowest BCUT2D eigenvalue weighted by Crippen LogP contribution is -2.33. The van der Waals surface area contributed by atoms with Gasteiger partial charge in [-0.2, -0.15) is 4.31 Å². The monoisotopic (exact) mass is 408 g/mol. The third-order valence-corrected chi connectivity index (χ3v) is 6.07. The number of carbonyl (C=O) groups excluding carboxylic acids is 1. The molecule has 0 N–H and O–H groups in total. The van der Waals surface area contributed by atoms with Crippen molar-refractivity contribution >= 4 is 21.7 Å². The topological polar surface area (TPSA) is 116 Å². The van der Waals surface area contributed by atoms with E-state index in [4.69, 9.17) is 9.47 Å². The number of sulfonamides is 1. The van der Waals surface area contributed by atoms with E-state index in [1.165, 1.54) is 54.9 Å². The number of nitro benzene ring substituents is 1. The highest BCUT2D eigenvalue weighted by molar-refractivity contribution is 7.89. The smallest absolute Gasteiger partial charge is 0.343 e. The number of hydrogen-bond donors (Lipinski definition) is 0. The van der Waals surface area contributed by atoms with Gasteiger partial charge in [0.05, 0.1) is 28.6 Å². The summed E-state index contributed by atoms with van der Waals surface area (Å²) in [6.45, 7) is 3.44. The molecule has 0 aromatic heterocycles. The van der Waals surface area contributed by atoms with Crippen molar-refractivity contribution in [2.45, 2.75) is 24.8 Å². The Hall–Kier alpha value is -2.98. The van der Waals surface area contributed by atoms with Crippen LogP contribution in [0.25, 0.3) is 0 Å². The first-order valence-electron chi connectivity index (χ1n) is 8.20. The average Bonchev–Trinajstić information content (AvgIpc) is 2.67. The van der Waals surface area contributed by atoms with E-state index in [-0.39, 0.29) is 28.0 Å². The summed E-state index contributed by atoms with van der Waals surface area (Å²) in [5.41, 5.74) is -0.501. The molecule has 9 nitrogen and oxygen atoms in total. The fourth-order valence-corrected chi connectivity index (χ4v) is 3.65. The summed E-state index contributed by atoms with van der Waals surface area (Å²) in [4.78, 5) is 22.9. The minimum Gasteiger partial charge on any atom is -0.496 e. The highest BCUT2D eigenvalue weighted by Gasteiger charge is 2.25. The molecule has 0 aliphatic carbocycles. The molecule has 0 radical (unpaired) electrons. The van der Waals surface area contributed by atoms with Crippen molar-refractivity contribution in [2.75, 3.05) is 14.2 Å². The van der Waals surface area contributed by atoms with Crippen molar-refractivity contribution in [3.63, 3.8) is 0 Å². The summed E-state index contributed by atoms with van der Waals surface area (Å²) in [6, 6.07) is 8.80. The van der Waals surface area contributed by atoms with Crippen molar-refractivity contribution in [3.05, 3.63) is 58.1 Å². The van der Waals surface area contributed by atoms with Crippen LogP contribution in [0, 0.1) is 10.1 Å². The summed E-state index contributed by atoms with van der Waals surface area (Å²) >= 11 is 0. The first-order valence-corrected chi connectivity index (χ1v) is 9.64. The van der Waals surface area contributed by atoms with Gasteiger partial charge in [-0.15, -0.1) is 0 Å². The average molecular weight is 408 g/mol. The molecule has 0 aliphatic rings. The van der Waals surface area contributed by atoms with E-state index in [0.29, 0.717) is 0 Å². The molecule has 0 bridgehead atoms. The zero-order valence-corrected chi connectivity index (χ0v) is 16.6. The van der Waals surface area contributed by atoms with E-state index in [1.54, 1.807) is 13.8 Å². The van der Waals surface area contributed by atoms with E-state index in [0.717, 1.165) is 6.07 Å². The molecule has 0 aliphatic heterocycles. The van der Waals surface area contributed by atoms with Gasteiger partial charge < -0.3 is 9.47 Å². The number of esters is 1. The predicted octanol–water partition coefficient (Wildman–Crippen LogP) is 2.85. The van der Waals surface area contributed by atoms with E-state index in [1.807, 2.05) is 0 Å². The number of hydrogen-bond acceptors (Lipinski definition) is 7. The van der Waals surface area contributed by atoms with Gasteiger partial charge in [0.1, 0.15) is 5.75 Å². The lowest BCUT2D eigenvalue weighted by Gasteiger charge is -2.21. The Morgan fingerprint density at radius 3 is 2.43 bits per heavy atom. The SMILES string of the molecule is COc1ccc(OC(=O)c2cccc(S(=O)(=O)N(C)C(C)C)c2)c([N+](=O)[O-])c1. The van der Waals surface area contributed by atoms with Crippen LogP contribution in [0.1, 0.15) is 24.2 Å². The van der Waals surface area contributed by atoms with Crippen molar-refractivity contribution in [2.24, 2.45) is 0 Å². The summed E-state index contributed by atoms with van der Waals surface area (Å²) in [7, 11) is -1.01. The number of nitrogens with zero attached hydrogens (tertiary/aromatic N) is 2. The maximum absolute atomic E-state index is 12.6. The molecule has 150 valence electrons. The van der Waals surface area contributed by atoms with Gasteiger partial charge in [0.25, 0.3) is 0 Å². The lowest BCUT2D eigenvalue weighted by atomic mass is 10.2. The van der Waals surface area contributed by atoms with Gasteiger partial charge in [-0.25, -0.2) is 13.2 Å². The van der Waals surface area contributed by atoms with E-state index >= 15 is 0 Å². The minimum absolute atomic E-state index is 0.0525. The Bertz CT molecular complexity index is 1000. The van der Waals surface area contributed by atoms with Gasteiger partial charge in [0, 0.05) is 13.1 Å². The molecule has 2 aromatic rings. The molecule has 10 heteroatoms. The molecule has 0 amide bonds. The number of nitro groups is 1. The summed E-state index contributed by atoms with van der Waals surface area (Å²) < 4.78 is 36.4. The second kappa shape index (κ2) is 8.36. The lowest BCUT2D eigenvalue weighted by molar-refractivity contribution is -0.385. The van der Waals surface area contributed by atoms with Gasteiger partial charge >= 0.3 is 11.7 Å². The van der Waals surface area contributed by atoms with Crippen LogP contribution in [0.2, 0.25) is 0 Å². The fourth-order valence-electron chi connectivity index (χ4n) is 2.24. The van der Waals surface area contributed by atoms with Gasteiger partial charge in [-0.05, 0) is 44.2 Å². The zero-order valence-electron chi connectivity index (χ0n) is 15.8. The summed E-state index contributed by atoms with van der Waals surface area (Å²) in [6.07, 6.45) is 0. The quantitative estimate of drug-likeness (QED) is 0.299. The molecule has 0 fully saturated rings. The van der Waals surface area contributed by atoms with Crippen molar-refractivity contribution in [3.8, 4) is 11.5 Å². The highest BCUT2D eigenvalue weighted by atomic mass is 32.2. The Balaban J connectivity index is 2.36. The largest absolute Gasteiger partial charge is 0.496 e. The van der Waals surface area contributed by atoms with Crippen LogP contribution >= 0.6 is 0 Å². The van der Waals surface area contributed by atoms with Crippen LogP contribution in [-0.2, 0) is 10.0 Å². The van der Waals surface area contributed by atoms with Gasteiger partial charge in [0.2, 0.25) is 15.8 Å². The molecule has 0 saturated carbocycles. The molecule has 0 heterocycles. The fraction of sp³-hybridized carbons (Fsp3) is 0.278. The number of methoxy groups -OCH3 is 1. The van der Waals surface area contributed by atoms with Crippen molar-refractivity contribution in [1.29, 1.82) is 0 Å². The van der Waals surface area contributed by atoms with Gasteiger partial charge in [-0.3, -0.25) is 10.1 Å². The number of rotatable bonds is 7. The van der Waals surface area contributed by atoms with Crippen LogP contribution in [-0.4, -0.2) is 43.8 Å². The van der Waals surface area contributed by atoms with Crippen LogP contribution in [0.15, 0.2) is 47.4 Å². The Morgan fingerprint density at radius 2 is 1.86 bits per heavy atom. The normalized spacial score (nSPS) is 11.5. The van der Waals surface area contributed by atoms with Crippen LogP contribution in [0.3, 0.4) is 0 Å². The first-order chi connectivity index (χ1) is 13.1. The molecular formula is C18H20N2O7S. The predicted molar refractivity (Wildman–Crippen MR) is 101 cm³/mol. The minimum atomic E-state index is -3.80. The second-order valence-corrected chi connectivity index (χ2v) is 8.12. The van der Waals surface area contributed by atoms with E-state index in [9.17, 15) is 23.3 Å². The molecule has 2 rings (SSSR count). The molecule has 0 saturated heterocycles. The van der Waals surface area contributed by atoms with Crippen molar-refractivity contribution in [1.82, 2.24) is 4.31 Å². The Morgan fingerprint density at radius 1 is 1.18 bits per heavy atom. The number of carbonyl (C=O) groups is 1. The second-order valence-electron chi connectivity index (χ2n) is 6.12. The maximum atomic E-state index is 12.6. The Labute approximate surface area is 162 Å². The van der Waals surface area contributed by atoms with E-state index in [2.05, 4.69) is 0 Å². The van der Waals surface area contributed by atoms with E-state index < -0.39 is 26.6 Å². The molecule has 0 unspecified atom stereocenters. The van der Waals surface area contributed by atoms with Crippen LogP contribution in [0.5, 0.6) is 11.5 Å². The molecule has 2 aromatic carbocycles. The van der Waals surface area contributed by atoms with Gasteiger partial charge in [0.15, 0.2) is 0 Å². The zero-order chi connectivity index (χ0) is 21.1. The molecular weight excluding hydrogens is 388 g/mol. The molecule has 0 atom stereocenters. The first kappa shape index (κ1) is 21.3. The molecule has 0 spiro atoms. The third kappa shape index (κ3) is 4.46. The summed E-state index contributed by atoms with van der Waals surface area (Å²) in [5, 5.41) is 11.2. The number of ether oxygens (including phenoxy) is 2. The standard InChI is InChI=1S/C18H20N2O7S/c1-12(2)19(3)28(24,25)15-7-5-6-13(10-15)18(21)27-17-9-8-14(26-4)11-16(17)20(22)23/h5-12H,1-4H3. The van der Waals surface area contributed by atoms with Gasteiger partial charge in [-0.1, -0.05) is 6.07 Å². The van der Waals surface area contributed by atoms with Crippen LogP contribution < -0.4 is 9.47 Å². The Kier molecular flexibility index (Phi) is 6.37. The van der Waals surface area contributed by atoms with Crippen LogP contribution in [0.4, 0.5) is 5.69 Å². The number of benzene rings is 2. The van der Waals surface area contributed by atoms with Crippen molar-refractivity contribution < 1.29 is 27.6 Å².